The van der Waals surface area contributed by atoms with Crippen molar-refractivity contribution in [3.05, 3.63) is 47.5 Å². The van der Waals surface area contributed by atoms with Crippen molar-refractivity contribution < 1.29 is 4.74 Å². The maximum atomic E-state index is 5.63. The summed E-state index contributed by atoms with van der Waals surface area (Å²) in [5.41, 5.74) is 3.74. The summed E-state index contributed by atoms with van der Waals surface area (Å²) in [6.45, 7) is 8.21. The number of ether oxygens (including phenoxy) is 1. The Morgan fingerprint density at radius 3 is 2.62 bits per heavy atom. The van der Waals surface area contributed by atoms with Crippen LogP contribution >= 0.6 is 0 Å². The van der Waals surface area contributed by atoms with Gasteiger partial charge in [-0.05, 0) is 31.5 Å². The first-order chi connectivity index (χ1) is 7.74. The van der Waals surface area contributed by atoms with Gasteiger partial charge in [0.2, 0.25) is 0 Å². The fraction of sp³-hybridized carbons (Fsp3) is 0.429. The minimum absolute atomic E-state index is 0.686. The minimum atomic E-state index is 0.686. The van der Waals surface area contributed by atoms with E-state index in [0.29, 0.717) is 6.61 Å². The average molecular weight is 219 g/mol. The second-order valence-corrected chi connectivity index (χ2v) is 4.06. The van der Waals surface area contributed by atoms with Crippen molar-refractivity contribution in [3.63, 3.8) is 0 Å². The highest BCUT2D eigenvalue weighted by molar-refractivity contribution is 5.26. The van der Waals surface area contributed by atoms with Gasteiger partial charge in [-0.25, -0.2) is 0 Å². The molecular weight excluding hydrogens is 198 g/mol. The fourth-order valence-corrected chi connectivity index (χ4v) is 1.49. The molecule has 1 rings (SSSR count). The Bertz CT molecular complexity index is 333. The first-order valence-corrected chi connectivity index (χ1v) is 5.67. The van der Waals surface area contributed by atoms with Crippen LogP contribution in [0, 0.1) is 0 Å². The predicted molar refractivity (Wildman–Crippen MR) is 68.3 cm³/mol. The number of rotatable bonds is 7. The molecular formula is C14H21NO. The maximum Gasteiger partial charge on any atom is 0.0720 e. The Balaban J connectivity index is 2.43. The van der Waals surface area contributed by atoms with Crippen LogP contribution < -0.4 is 5.32 Å². The van der Waals surface area contributed by atoms with Gasteiger partial charge in [-0.1, -0.05) is 29.8 Å². The van der Waals surface area contributed by atoms with Crippen molar-refractivity contribution in [2.75, 3.05) is 13.7 Å². The van der Waals surface area contributed by atoms with Crippen molar-refractivity contribution >= 4 is 0 Å². The molecule has 0 bridgehead atoms. The molecule has 0 atom stereocenters. The first-order valence-electron chi connectivity index (χ1n) is 5.67. The monoisotopic (exact) mass is 219 g/mol. The topological polar surface area (TPSA) is 21.3 Å². The van der Waals surface area contributed by atoms with Crippen LogP contribution in [0.15, 0.2) is 36.4 Å². The van der Waals surface area contributed by atoms with Gasteiger partial charge in [0.1, 0.15) is 0 Å². The van der Waals surface area contributed by atoms with Crippen molar-refractivity contribution in [3.8, 4) is 0 Å². The van der Waals surface area contributed by atoms with E-state index in [1.165, 1.54) is 16.7 Å². The van der Waals surface area contributed by atoms with Crippen LogP contribution in [0.2, 0.25) is 0 Å². The van der Waals surface area contributed by atoms with E-state index in [-0.39, 0.29) is 0 Å². The third-order valence-electron chi connectivity index (χ3n) is 2.42. The van der Waals surface area contributed by atoms with Crippen LogP contribution in [-0.2, 0) is 17.9 Å². The zero-order valence-electron chi connectivity index (χ0n) is 10.3. The lowest BCUT2D eigenvalue weighted by atomic mass is 10.1. The highest BCUT2D eigenvalue weighted by Gasteiger charge is 2.00. The molecule has 0 spiro atoms. The number of hydrogen-bond acceptors (Lipinski definition) is 2. The van der Waals surface area contributed by atoms with Crippen LogP contribution in [0.5, 0.6) is 0 Å². The van der Waals surface area contributed by atoms with Crippen LogP contribution in [0.1, 0.15) is 24.5 Å². The first kappa shape index (κ1) is 12.9. The van der Waals surface area contributed by atoms with Crippen LogP contribution in [-0.4, -0.2) is 13.7 Å². The van der Waals surface area contributed by atoms with E-state index in [4.69, 9.17) is 4.74 Å². The Hall–Kier alpha value is -1.12. The molecule has 16 heavy (non-hydrogen) atoms. The lowest BCUT2D eigenvalue weighted by Gasteiger charge is -2.09. The number of hydrogen-bond donors (Lipinski definition) is 1. The Morgan fingerprint density at radius 2 is 2.00 bits per heavy atom. The van der Waals surface area contributed by atoms with Gasteiger partial charge in [0.25, 0.3) is 0 Å². The molecule has 1 aromatic carbocycles. The van der Waals surface area contributed by atoms with Crippen LogP contribution in [0.25, 0.3) is 0 Å². The lowest BCUT2D eigenvalue weighted by Crippen LogP contribution is -2.08. The van der Waals surface area contributed by atoms with Crippen LogP contribution in [0.4, 0.5) is 0 Å². The third kappa shape index (κ3) is 4.60. The van der Waals surface area contributed by atoms with E-state index in [2.05, 4.69) is 36.2 Å². The van der Waals surface area contributed by atoms with Gasteiger partial charge >= 0.3 is 0 Å². The molecule has 0 heterocycles. The standard InChI is InChI=1S/C14H21NO/c1-12(2)8-9-16-11-14-7-5-4-6-13(14)10-15-3/h4-7,15H,1,8-11H2,2-3H3. The summed E-state index contributed by atoms with van der Waals surface area (Å²) in [5.74, 6) is 0. The van der Waals surface area contributed by atoms with E-state index >= 15 is 0 Å². The zero-order valence-corrected chi connectivity index (χ0v) is 10.3. The molecule has 0 saturated carbocycles. The maximum absolute atomic E-state index is 5.63. The van der Waals surface area contributed by atoms with E-state index in [9.17, 15) is 0 Å². The molecule has 0 aliphatic heterocycles. The highest BCUT2D eigenvalue weighted by Crippen LogP contribution is 2.10. The van der Waals surface area contributed by atoms with Crippen molar-refractivity contribution in [2.45, 2.75) is 26.5 Å². The van der Waals surface area contributed by atoms with E-state index in [1.54, 1.807) is 0 Å². The molecule has 88 valence electrons. The Kier molecular flexibility index (Phi) is 5.83. The third-order valence-corrected chi connectivity index (χ3v) is 2.42. The molecule has 0 amide bonds. The van der Waals surface area contributed by atoms with Gasteiger partial charge in [-0.2, -0.15) is 0 Å². The summed E-state index contributed by atoms with van der Waals surface area (Å²) in [6.07, 6.45) is 0.939. The minimum Gasteiger partial charge on any atom is -0.376 e. The van der Waals surface area contributed by atoms with E-state index < -0.39 is 0 Å². The summed E-state index contributed by atoms with van der Waals surface area (Å²) in [6, 6.07) is 8.36. The summed E-state index contributed by atoms with van der Waals surface area (Å²) >= 11 is 0. The summed E-state index contributed by atoms with van der Waals surface area (Å²) in [4.78, 5) is 0. The van der Waals surface area contributed by atoms with Gasteiger partial charge in [-0.3, -0.25) is 0 Å². The van der Waals surface area contributed by atoms with Crippen molar-refractivity contribution in [1.29, 1.82) is 0 Å². The Labute approximate surface area is 98.3 Å². The molecule has 0 fully saturated rings. The number of nitrogens with one attached hydrogen (secondary N) is 1. The lowest BCUT2D eigenvalue weighted by molar-refractivity contribution is 0.123. The quantitative estimate of drug-likeness (QED) is 0.562. The van der Waals surface area contributed by atoms with Gasteiger partial charge in [0, 0.05) is 6.54 Å². The van der Waals surface area contributed by atoms with Gasteiger partial charge < -0.3 is 10.1 Å². The second-order valence-electron chi connectivity index (χ2n) is 4.06. The molecule has 1 aromatic rings. The molecule has 2 nitrogen and oxygen atoms in total. The molecule has 2 heteroatoms. The van der Waals surface area contributed by atoms with Gasteiger partial charge in [0.15, 0.2) is 0 Å². The normalized spacial score (nSPS) is 10.4. The molecule has 0 unspecified atom stereocenters. The van der Waals surface area contributed by atoms with Crippen molar-refractivity contribution in [1.82, 2.24) is 5.32 Å². The van der Waals surface area contributed by atoms with Crippen LogP contribution in [0.3, 0.4) is 0 Å². The molecule has 0 radical (unpaired) electrons. The SMILES string of the molecule is C=C(C)CCOCc1ccccc1CNC. The zero-order chi connectivity index (χ0) is 11.8. The van der Waals surface area contributed by atoms with Gasteiger partial charge in [-0.15, -0.1) is 6.58 Å². The molecule has 0 saturated heterocycles. The summed E-state index contributed by atoms with van der Waals surface area (Å²) in [7, 11) is 1.96. The van der Waals surface area contributed by atoms with Gasteiger partial charge in [0.05, 0.1) is 13.2 Å². The number of benzene rings is 1. The van der Waals surface area contributed by atoms with E-state index in [1.807, 2.05) is 14.0 Å². The van der Waals surface area contributed by atoms with E-state index in [0.717, 1.165) is 19.6 Å². The largest absolute Gasteiger partial charge is 0.376 e. The fourth-order valence-electron chi connectivity index (χ4n) is 1.49. The molecule has 0 aliphatic carbocycles. The smallest absolute Gasteiger partial charge is 0.0720 e. The summed E-state index contributed by atoms with van der Waals surface area (Å²) in [5, 5.41) is 3.16. The molecule has 0 aliphatic rings. The molecule has 1 N–H and O–H groups in total. The van der Waals surface area contributed by atoms with Crippen molar-refractivity contribution in [2.24, 2.45) is 0 Å². The Morgan fingerprint density at radius 1 is 1.31 bits per heavy atom. The highest BCUT2D eigenvalue weighted by atomic mass is 16.5. The molecule has 0 aromatic heterocycles. The predicted octanol–water partition coefficient (Wildman–Crippen LogP) is 2.89. The average Bonchev–Trinajstić information content (AvgIpc) is 2.26. The second kappa shape index (κ2) is 7.20. The summed E-state index contributed by atoms with van der Waals surface area (Å²) < 4.78 is 5.63.